The molecule has 4 nitrogen and oxygen atoms in total. The van der Waals surface area contributed by atoms with E-state index in [4.69, 9.17) is 4.43 Å². The van der Waals surface area contributed by atoms with Crippen molar-refractivity contribution >= 4 is 15.5 Å². The van der Waals surface area contributed by atoms with Gasteiger partial charge in [-0.1, -0.05) is 58.9 Å². The summed E-state index contributed by atoms with van der Waals surface area (Å²) in [5, 5.41) is 0.220. The molecule has 1 aliphatic carbocycles. The summed E-state index contributed by atoms with van der Waals surface area (Å²) >= 11 is 0. The standard InChI is InChI=1S/C21H30N2O2Si/c1-19(2,3)26-25-21(6,7)16-12-22-13-23(16)17-14-10-8-9-11-15(14)18(24)20(17,4)5/h8-13,17H,26H2,1-7H3. The summed E-state index contributed by atoms with van der Waals surface area (Å²) in [6.07, 6.45) is 3.74. The summed E-state index contributed by atoms with van der Waals surface area (Å²) in [7, 11) is -0.720. The number of fused-ring (bicyclic) bond motifs is 1. The number of nitrogens with zero attached hydrogens (tertiary/aromatic N) is 2. The Kier molecular flexibility index (Phi) is 4.52. The number of aromatic nitrogens is 2. The highest BCUT2D eigenvalue weighted by atomic mass is 28.2. The Bertz CT molecular complexity index is 831. The maximum atomic E-state index is 13.0. The minimum Gasteiger partial charge on any atom is -0.413 e. The number of imidazole rings is 1. The number of carbonyl (C=O) groups is 1. The monoisotopic (exact) mass is 370 g/mol. The fourth-order valence-corrected chi connectivity index (χ4v) is 4.69. The quantitative estimate of drug-likeness (QED) is 0.756. The molecule has 2 aromatic rings. The van der Waals surface area contributed by atoms with Crippen molar-refractivity contribution in [3.05, 3.63) is 53.6 Å². The first kappa shape index (κ1) is 19.0. The molecule has 1 aliphatic rings. The van der Waals surface area contributed by atoms with Crippen LogP contribution in [0.3, 0.4) is 0 Å². The Morgan fingerprint density at radius 3 is 2.46 bits per heavy atom. The van der Waals surface area contributed by atoms with Crippen molar-refractivity contribution < 1.29 is 9.22 Å². The molecule has 0 amide bonds. The van der Waals surface area contributed by atoms with Crippen molar-refractivity contribution in [2.75, 3.05) is 0 Å². The van der Waals surface area contributed by atoms with Gasteiger partial charge in [-0.15, -0.1) is 0 Å². The zero-order chi connectivity index (χ0) is 19.3. The molecule has 0 fully saturated rings. The average molecular weight is 371 g/mol. The van der Waals surface area contributed by atoms with Gasteiger partial charge < -0.3 is 8.99 Å². The molecule has 1 aromatic carbocycles. The van der Waals surface area contributed by atoms with Crippen LogP contribution in [-0.2, 0) is 10.0 Å². The highest BCUT2D eigenvalue weighted by molar-refractivity contribution is 6.31. The third kappa shape index (κ3) is 3.18. The summed E-state index contributed by atoms with van der Waals surface area (Å²) in [5.74, 6) is 0.195. The van der Waals surface area contributed by atoms with Gasteiger partial charge in [0.25, 0.3) is 0 Å². The van der Waals surface area contributed by atoms with Crippen LogP contribution >= 0.6 is 0 Å². The first-order chi connectivity index (χ1) is 12.0. The van der Waals surface area contributed by atoms with E-state index in [0.29, 0.717) is 0 Å². The number of hydrogen-bond acceptors (Lipinski definition) is 3. The molecule has 0 N–H and O–H groups in total. The van der Waals surface area contributed by atoms with Crippen LogP contribution in [0.5, 0.6) is 0 Å². The predicted molar refractivity (Wildman–Crippen MR) is 107 cm³/mol. The number of carbonyl (C=O) groups excluding carboxylic acids is 1. The van der Waals surface area contributed by atoms with Crippen molar-refractivity contribution in [2.24, 2.45) is 5.41 Å². The first-order valence-electron chi connectivity index (χ1n) is 9.25. The van der Waals surface area contributed by atoms with Crippen LogP contribution < -0.4 is 0 Å². The Morgan fingerprint density at radius 1 is 1.15 bits per heavy atom. The molecule has 1 unspecified atom stereocenters. The minimum absolute atomic E-state index is 0.0668. The van der Waals surface area contributed by atoms with Gasteiger partial charge in [-0.25, -0.2) is 4.98 Å². The molecular formula is C21H30N2O2Si. The van der Waals surface area contributed by atoms with Gasteiger partial charge in [0.1, 0.15) is 0 Å². The topological polar surface area (TPSA) is 44.1 Å². The lowest BCUT2D eigenvalue weighted by Gasteiger charge is -2.35. The average Bonchev–Trinajstić information content (AvgIpc) is 3.08. The normalized spacial score (nSPS) is 20.1. The fraction of sp³-hybridized carbons (Fsp3) is 0.524. The summed E-state index contributed by atoms with van der Waals surface area (Å²) in [6.45, 7) is 14.9. The van der Waals surface area contributed by atoms with Gasteiger partial charge in [0.15, 0.2) is 15.5 Å². The van der Waals surface area contributed by atoms with Crippen molar-refractivity contribution in [1.82, 2.24) is 9.55 Å². The maximum absolute atomic E-state index is 13.0. The number of rotatable bonds is 4. The first-order valence-corrected chi connectivity index (χ1v) is 10.5. The summed E-state index contributed by atoms with van der Waals surface area (Å²) < 4.78 is 8.57. The van der Waals surface area contributed by atoms with Crippen LogP contribution in [0.25, 0.3) is 0 Å². The van der Waals surface area contributed by atoms with Gasteiger partial charge in [-0.2, -0.15) is 0 Å². The van der Waals surface area contributed by atoms with Crippen molar-refractivity contribution in [2.45, 2.75) is 65.1 Å². The number of hydrogen-bond donors (Lipinski definition) is 0. The van der Waals surface area contributed by atoms with E-state index in [9.17, 15) is 4.79 Å². The molecule has 140 valence electrons. The van der Waals surface area contributed by atoms with E-state index in [-0.39, 0.29) is 16.9 Å². The van der Waals surface area contributed by atoms with E-state index in [0.717, 1.165) is 16.8 Å². The van der Waals surface area contributed by atoms with Gasteiger partial charge in [-0.3, -0.25) is 4.79 Å². The Hall–Kier alpha value is -1.72. The highest BCUT2D eigenvalue weighted by Crippen LogP contribution is 2.48. The zero-order valence-corrected chi connectivity index (χ0v) is 18.4. The van der Waals surface area contributed by atoms with Gasteiger partial charge in [-0.05, 0) is 24.4 Å². The van der Waals surface area contributed by atoms with Gasteiger partial charge in [0, 0.05) is 5.56 Å². The maximum Gasteiger partial charge on any atom is 0.171 e. The van der Waals surface area contributed by atoms with E-state index < -0.39 is 20.8 Å². The third-order valence-electron chi connectivity index (χ3n) is 5.20. The predicted octanol–water partition coefficient (Wildman–Crippen LogP) is 4.25. The second-order valence-corrected chi connectivity index (χ2v) is 12.3. The molecule has 1 aromatic heterocycles. The van der Waals surface area contributed by atoms with Crippen LogP contribution in [0.4, 0.5) is 0 Å². The molecule has 0 saturated carbocycles. The summed E-state index contributed by atoms with van der Waals surface area (Å²) in [4.78, 5) is 17.4. The molecule has 1 atom stereocenters. The Labute approximate surface area is 158 Å². The summed E-state index contributed by atoms with van der Waals surface area (Å²) in [5.41, 5.74) is 1.97. The summed E-state index contributed by atoms with van der Waals surface area (Å²) in [6, 6.07) is 7.87. The molecule has 0 aliphatic heterocycles. The second-order valence-electron chi connectivity index (χ2n) is 9.59. The van der Waals surface area contributed by atoms with E-state index in [2.05, 4.69) is 50.2 Å². The van der Waals surface area contributed by atoms with Gasteiger partial charge in [0.05, 0.1) is 35.3 Å². The third-order valence-corrected chi connectivity index (χ3v) is 6.93. The van der Waals surface area contributed by atoms with Crippen LogP contribution in [0.15, 0.2) is 36.8 Å². The zero-order valence-electron chi connectivity index (χ0n) is 17.0. The minimum atomic E-state index is -0.720. The van der Waals surface area contributed by atoms with Crippen LogP contribution in [0.2, 0.25) is 5.04 Å². The SMILES string of the molecule is CC(C)(C)[SiH2]OC(C)(C)c1cncn1C1c2ccccc2C(=O)C1(C)C. The number of Topliss-reactive ketones (excluding diaryl/α,β-unsaturated/α-hetero) is 1. The van der Waals surface area contributed by atoms with Crippen LogP contribution in [0.1, 0.15) is 76.1 Å². The largest absolute Gasteiger partial charge is 0.413 e. The smallest absolute Gasteiger partial charge is 0.171 e. The molecule has 0 saturated heterocycles. The molecule has 1 heterocycles. The van der Waals surface area contributed by atoms with Crippen molar-refractivity contribution in [3.63, 3.8) is 0 Å². The molecule has 5 heteroatoms. The van der Waals surface area contributed by atoms with E-state index in [1.807, 2.05) is 44.6 Å². The lowest BCUT2D eigenvalue weighted by atomic mass is 9.83. The highest BCUT2D eigenvalue weighted by Gasteiger charge is 2.48. The number of ketones is 1. The Morgan fingerprint density at radius 2 is 1.81 bits per heavy atom. The molecule has 0 radical (unpaired) electrons. The second kappa shape index (κ2) is 6.17. The fourth-order valence-electron chi connectivity index (χ4n) is 3.75. The van der Waals surface area contributed by atoms with Crippen molar-refractivity contribution in [1.29, 1.82) is 0 Å². The molecular weight excluding hydrogens is 340 g/mol. The van der Waals surface area contributed by atoms with E-state index in [1.165, 1.54) is 0 Å². The number of benzene rings is 1. The van der Waals surface area contributed by atoms with E-state index >= 15 is 0 Å². The lowest BCUT2D eigenvalue weighted by Crippen LogP contribution is -2.34. The van der Waals surface area contributed by atoms with E-state index in [1.54, 1.807) is 0 Å². The molecule has 0 bridgehead atoms. The molecule has 26 heavy (non-hydrogen) atoms. The molecule has 3 rings (SSSR count). The van der Waals surface area contributed by atoms with Crippen LogP contribution in [-0.4, -0.2) is 25.1 Å². The Balaban J connectivity index is 2.05. The van der Waals surface area contributed by atoms with Crippen LogP contribution in [0, 0.1) is 5.41 Å². The van der Waals surface area contributed by atoms with Crippen molar-refractivity contribution in [3.8, 4) is 0 Å². The van der Waals surface area contributed by atoms with Gasteiger partial charge in [0.2, 0.25) is 0 Å². The lowest BCUT2D eigenvalue weighted by molar-refractivity contribution is 0.0775. The molecule has 0 spiro atoms. The van der Waals surface area contributed by atoms with Gasteiger partial charge >= 0.3 is 0 Å².